The van der Waals surface area contributed by atoms with Crippen LogP contribution in [0, 0.1) is 5.41 Å². The second-order valence-electron chi connectivity index (χ2n) is 11.4. The molecule has 2 heterocycles. The highest BCUT2D eigenvalue weighted by Crippen LogP contribution is 2.50. The molecule has 0 radical (unpaired) electrons. The van der Waals surface area contributed by atoms with E-state index in [0.29, 0.717) is 0 Å². The Bertz CT molecular complexity index is 1350. The lowest BCUT2D eigenvalue weighted by Gasteiger charge is -2.33. The van der Waals surface area contributed by atoms with Gasteiger partial charge in [-0.15, -0.1) is 0 Å². The van der Waals surface area contributed by atoms with E-state index >= 15 is 4.39 Å². The molecule has 2 rings (SSSR count). The van der Waals surface area contributed by atoms with Crippen molar-refractivity contribution >= 4 is 27.0 Å². The summed E-state index contributed by atoms with van der Waals surface area (Å²) in [4.78, 5) is 50.4. The van der Waals surface area contributed by atoms with Crippen LogP contribution >= 0.6 is 15.0 Å². The number of nitrogens with zero attached hydrogens (tertiary/aromatic N) is 1. The highest BCUT2D eigenvalue weighted by Gasteiger charge is 2.56. The van der Waals surface area contributed by atoms with Gasteiger partial charge in [-0.25, -0.2) is 19.4 Å². The van der Waals surface area contributed by atoms with Gasteiger partial charge in [0.2, 0.25) is 0 Å². The summed E-state index contributed by atoms with van der Waals surface area (Å²) in [5.41, 5.74) is -3.30. The van der Waals surface area contributed by atoms with Gasteiger partial charge in [-0.3, -0.25) is 33.1 Å². The summed E-state index contributed by atoms with van der Waals surface area (Å²) in [6, 6.07) is -1.00. The summed E-state index contributed by atoms with van der Waals surface area (Å²) < 4.78 is 70.7. The van der Waals surface area contributed by atoms with E-state index in [9.17, 15) is 28.3 Å². The van der Waals surface area contributed by atoms with Gasteiger partial charge in [0.25, 0.3) is 20.6 Å². The lowest BCUT2D eigenvalue weighted by atomic mass is 9.82. The third kappa shape index (κ3) is 10.4. The summed E-state index contributed by atoms with van der Waals surface area (Å²) in [6.45, 7) is 12.3. The van der Waals surface area contributed by atoms with Crippen molar-refractivity contribution in [1.82, 2.24) is 19.7 Å². The smallest absolute Gasteiger partial charge is 0.330 e. The molecule has 43 heavy (non-hydrogen) atoms. The highest BCUT2D eigenvalue weighted by atomic mass is 31.2. The first-order valence-corrected chi connectivity index (χ1v) is 17.8. The SMILES string of the molecule is CC(C)OC(=O)[C@H](C)NP(C)(=O)OC[C@H]1O[C@@H](n2ccc(=O)[nH]c2=O)C(F)[C@@]1(C)COP(C)(=O)N[C@@H](C)C(=O)OC(C)C. The number of aromatic nitrogens is 2. The van der Waals surface area contributed by atoms with Crippen LogP contribution in [0.3, 0.4) is 0 Å². The second-order valence-corrected chi connectivity index (χ2v) is 15.8. The minimum Gasteiger partial charge on any atom is -0.462 e. The van der Waals surface area contributed by atoms with Gasteiger partial charge in [0.05, 0.1) is 36.9 Å². The fourth-order valence-electron chi connectivity index (χ4n) is 4.16. The predicted octanol–water partition coefficient (Wildman–Crippen LogP) is 2.32. The van der Waals surface area contributed by atoms with Gasteiger partial charge in [0.1, 0.15) is 12.1 Å². The van der Waals surface area contributed by atoms with Gasteiger partial charge in [-0.1, -0.05) is 6.92 Å². The number of esters is 2. The van der Waals surface area contributed by atoms with E-state index in [-0.39, 0.29) is 0 Å². The Morgan fingerprint density at radius 1 is 1.00 bits per heavy atom. The van der Waals surface area contributed by atoms with Crippen molar-refractivity contribution in [2.24, 2.45) is 5.41 Å². The van der Waals surface area contributed by atoms with E-state index in [4.69, 9.17) is 23.3 Å². The Labute approximate surface area is 249 Å². The molecule has 18 heteroatoms. The number of ether oxygens (including phenoxy) is 3. The molecular weight excluding hydrogens is 613 g/mol. The summed E-state index contributed by atoms with van der Waals surface area (Å²) >= 11 is 0. The number of carbonyl (C=O) groups excluding carboxylic acids is 2. The Morgan fingerprint density at radius 3 is 1.95 bits per heavy atom. The zero-order valence-electron chi connectivity index (χ0n) is 25.8. The van der Waals surface area contributed by atoms with E-state index in [1.54, 1.807) is 27.7 Å². The summed E-state index contributed by atoms with van der Waals surface area (Å²) in [5, 5.41) is 5.13. The van der Waals surface area contributed by atoms with Crippen LogP contribution in [0.5, 0.6) is 0 Å². The van der Waals surface area contributed by atoms with Gasteiger partial charge < -0.3 is 23.3 Å². The van der Waals surface area contributed by atoms with Gasteiger partial charge in [0.15, 0.2) is 12.4 Å². The van der Waals surface area contributed by atoms with Crippen molar-refractivity contribution in [3.8, 4) is 0 Å². The minimum absolute atomic E-state index is 0.399. The van der Waals surface area contributed by atoms with Crippen molar-refractivity contribution in [2.75, 3.05) is 26.5 Å². The first kappa shape index (κ1) is 37.0. The Kier molecular flexibility index (Phi) is 12.7. The zero-order valence-corrected chi connectivity index (χ0v) is 27.6. The van der Waals surface area contributed by atoms with E-state index < -0.39 is 99.7 Å². The van der Waals surface area contributed by atoms with Gasteiger partial charge in [-0.2, -0.15) is 0 Å². The third-order valence-electron chi connectivity index (χ3n) is 6.41. The molecule has 0 saturated carbocycles. The fraction of sp³-hybridized carbons (Fsp3) is 0.760. The van der Waals surface area contributed by atoms with Crippen LogP contribution in [-0.2, 0) is 42.0 Å². The topological polar surface area (TPSA) is 193 Å². The number of halogens is 1. The Morgan fingerprint density at radius 2 is 1.49 bits per heavy atom. The molecule has 0 bridgehead atoms. The quantitative estimate of drug-likeness (QED) is 0.184. The number of carbonyl (C=O) groups is 2. The van der Waals surface area contributed by atoms with Crippen molar-refractivity contribution in [1.29, 1.82) is 0 Å². The molecule has 3 N–H and O–H groups in total. The molecule has 15 nitrogen and oxygen atoms in total. The summed E-state index contributed by atoms with van der Waals surface area (Å²) in [5.74, 6) is -1.32. The highest BCUT2D eigenvalue weighted by molar-refractivity contribution is 7.56. The monoisotopic (exact) mass is 656 g/mol. The maximum atomic E-state index is 16.2. The number of hydrogen-bond acceptors (Lipinski definition) is 11. The minimum atomic E-state index is -3.74. The number of hydrogen-bond donors (Lipinski definition) is 3. The van der Waals surface area contributed by atoms with Crippen molar-refractivity contribution in [3.63, 3.8) is 0 Å². The zero-order chi connectivity index (χ0) is 32.9. The molecule has 1 aromatic rings. The van der Waals surface area contributed by atoms with Crippen LogP contribution in [0.4, 0.5) is 4.39 Å². The number of aromatic amines is 1. The van der Waals surface area contributed by atoms with Gasteiger partial charge >= 0.3 is 17.6 Å². The van der Waals surface area contributed by atoms with E-state index in [1.165, 1.54) is 34.1 Å². The summed E-state index contributed by atoms with van der Waals surface area (Å²) in [6.07, 6.45) is -4.53. The van der Waals surface area contributed by atoms with Crippen LogP contribution in [0.15, 0.2) is 21.9 Å². The molecule has 1 fully saturated rings. The molecule has 1 aliphatic rings. The maximum Gasteiger partial charge on any atom is 0.330 e. The van der Waals surface area contributed by atoms with Crippen LogP contribution in [0.1, 0.15) is 54.7 Å². The lowest BCUT2D eigenvalue weighted by molar-refractivity contribution is -0.149. The first-order chi connectivity index (χ1) is 19.7. The molecule has 0 amide bonds. The molecule has 246 valence electrons. The van der Waals surface area contributed by atoms with E-state index in [1.807, 2.05) is 4.98 Å². The molecule has 0 aliphatic carbocycles. The van der Waals surface area contributed by atoms with Gasteiger partial charge in [-0.05, 0) is 41.5 Å². The largest absolute Gasteiger partial charge is 0.462 e. The first-order valence-electron chi connectivity index (χ1n) is 13.7. The third-order valence-corrected chi connectivity index (χ3v) is 9.38. The number of rotatable bonds is 15. The fourth-order valence-corrected chi connectivity index (χ4v) is 6.87. The van der Waals surface area contributed by atoms with Crippen LogP contribution in [0.2, 0.25) is 0 Å². The standard InChI is InChI=1S/C25H43FN4O11P2/c1-14(2)39-22(32)16(5)28-42(8,35)37-12-18-25(7,13-38-43(9,36)29-17(6)23(33)40-15(3)4)20(26)21(41-18)30-11-10-19(31)27-24(30)34/h10-11,14-18,20-21H,12-13H2,1-9H3,(H,28,35)(H,29,36)(H,27,31,34)/t16-,17-,18+,20?,21+,25-,42?,43?/m0/s1. The average molecular weight is 657 g/mol. The predicted molar refractivity (Wildman–Crippen MR) is 155 cm³/mol. The molecule has 3 unspecified atom stereocenters. The second kappa shape index (κ2) is 14.7. The molecule has 0 spiro atoms. The molecule has 0 aromatic carbocycles. The number of alkyl halides is 1. The molecule has 1 saturated heterocycles. The molecule has 8 atom stereocenters. The van der Waals surface area contributed by atoms with Crippen LogP contribution in [-0.4, -0.2) is 84.6 Å². The number of nitrogens with one attached hydrogen (secondary N) is 3. The van der Waals surface area contributed by atoms with Gasteiger partial charge in [0, 0.05) is 25.6 Å². The molecular formula is C25H43FN4O11P2. The van der Waals surface area contributed by atoms with E-state index in [0.717, 1.165) is 16.8 Å². The number of H-pyrrole nitrogens is 1. The van der Waals surface area contributed by atoms with E-state index in [2.05, 4.69) is 10.2 Å². The average Bonchev–Trinajstić information content (AvgIpc) is 3.10. The van der Waals surface area contributed by atoms with Crippen molar-refractivity contribution < 1.29 is 46.4 Å². The Balaban J connectivity index is 2.28. The lowest BCUT2D eigenvalue weighted by Crippen LogP contribution is -2.43. The van der Waals surface area contributed by atoms with Crippen LogP contribution < -0.4 is 21.4 Å². The van der Waals surface area contributed by atoms with Crippen molar-refractivity contribution in [3.05, 3.63) is 33.1 Å². The van der Waals surface area contributed by atoms with Crippen LogP contribution in [0.25, 0.3) is 0 Å². The maximum absolute atomic E-state index is 16.2. The molecule has 1 aromatic heterocycles. The Hall–Kier alpha value is -2.19. The normalized spacial score (nSPS) is 26.5. The van der Waals surface area contributed by atoms with Crippen molar-refractivity contribution in [2.45, 2.75) is 91.3 Å². The summed E-state index contributed by atoms with van der Waals surface area (Å²) in [7, 11) is -7.45. The molecule has 1 aliphatic heterocycles.